The first-order valence-corrected chi connectivity index (χ1v) is 11.7. The number of carbonyl (C=O) groups is 1. The van der Waals surface area contributed by atoms with Crippen LogP contribution in [0.5, 0.6) is 5.75 Å². The number of aromatic amines is 1. The van der Waals surface area contributed by atoms with Gasteiger partial charge in [-0.3, -0.25) is 19.6 Å². The Hall–Kier alpha value is -3.13. The maximum atomic E-state index is 13.3. The quantitative estimate of drug-likeness (QED) is 0.662. The van der Waals surface area contributed by atoms with Crippen molar-refractivity contribution in [2.45, 2.75) is 58.7 Å². The molecule has 33 heavy (non-hydrogen) atoms. The van der Waals surface area contributed by atoms with Crippen LogP contribution in [0.2, 0.25) is 0 Å². The molecular weight excluding hydrogens is 418 g/mol. The van der Waals surface area contributed by atoms with E-state index in [1.54, 1.807) is 23.4 Å². The molecule has 0 unspecified atom stereocenters. The predicted molar refractivity (Wildman–Crippen MR) is 125 cm³/mol. The first-order chi connectivity index (χ1) is 16.0. The third-order valence-electron chi connectivity index (χ3n) is 7.07. The Kier molecular flexibility index (Phi) is 5.70. The molecule has 0 saturated carbocycles. The second kappa shape index (κ2) is 8.67. The molecule has 174 valence electrons. The fourth-order valence-electron chi connectivity index (χ4n) is 5.32. The van der Waals surface area contributed by atoms with Gasteiger partial charge in [-0.1, -0.05) is 24.6 Å². The Morgan fingerprint density at radius 1 is 1.27 bits per heavy atom. The van der Waals surface area contributed by atoms with Gasteiger partial charge in [0.2, 0.25) is 5.91 Å². The molecule has 8 heteroatoms. The number of piperidine rings is 1. The van der Waals surface area contributed by atoms with E-state index in [9.17, 15) is 9.59 Å². The number of hydrogen-bond acceptors (Lipinski definition) is 5. The number of benzene rings is 1. The smallest absolute Gasteiger partial charge is 0.277 e. The molecule has 0 spiro atoms. The fraction of sp³-hybridized carbons (Fsp3) is 0.480. The average molecular weight is 450 g/mol. The van der Waals surface area contributed by atoms with Crippen molar-refractivity contribution >= 4 is 11.6 Å². The third-order valence-corrected chi connectivity index (χ3v) is 7.07. The minimum Gasteiger partial charge on any atom is -0.496 e. The summed E-state index contributed by atoms with van der Waals surface area (Å²) in [6.45, 7) is 6.33. The molecule has 1 atom stereocenters. The van der Waals surface area contributed by atoms with Gasteiger partial charge in [-0.05, 0) is 31.9 Å². The predicted octanol–water partition coefficient (Wildman–Crippen LogP) is 2.97. The van der Waals surface area contributed by atoms with Crippen LogP contribution in [0.1, 0.15) is 60.3 Å². The Morgan fingerprint density at radius 2 is 2.12 bits per heavy atom. The number of methoxy groups -OCH3 is 1. The van der Waals surface area contributed by atoms with Crippen molar-refractivity contribution in [1.29, 1.82) is 0 Å². The zero-order chi connectivity index (χ0) is 23.1. The molecule has 1 N–H and O–H groups in total. The number of aromatic nitrogens is 3. The Morgan fingerprint density at radius 3 is 2.91 bits per heavy atom. The van der Waals surface area contributed by atoms with Crippen LogP contribution in [0.3, 0.4) is 0 Å². The largest absolute Gasteiger partial charge is 0.496 e. The number of H-pyrrole nitrogens is 1. The summed E-state index contributed by atoms with van der Waals surface area (Å²) in [6, 6.07) is 8.48. The highest BCUT2D eigenvalue weighted by Gasteiger charge is 2.28. The number of fused-ring (bicyclic) bond motifs is 2. The molecular formula is C25H31N5O3. The number of rotatable bonds is 4. The summed E-state index contributed by atoms with van der Waals surface area (Å²) in [6.07, 6.45) is 3.93. The molecule has 2 aliphatic heterocycles. The van der Waals surface area contributed by atoms with Crippen LogP contribution >= 0.6 is 0 Å². The molecule has 1 saturated heterocycles. The van der Waals surface area contributed by atoms with Crippen LogP contribution in [0.4, 0.5) is 0 Å². The van der Waals surface area contributed by atoms with Crippen LogP contribution in [0, 0.1) is 6.92 Å². The van der Waals surface area contributed by atoms with E-state index in [1.165, 1.54) is 5.56 Å². The van der Waals surface area contributed by atoms with Crippen molar-refractivity contribution in [3.63, 3.8) is 0 Å². The number of amides is 1. The van der Waals surface area contributed by atoms with Gasteiger partial charge in [-0.25, -0.2) is 9.50 Å². The van der Waals surface area contributed by atoms with E-state index in [4.69, 9.17) is 9.72 Å². The van der Waals surface area contributed by atoms with Crippen LogP contribution in [0.25, 0.3) is 5.65 Å². The van der Waals surface area contributed by atoms with Crippen LogP contribution in [-0.2, 0) is 24.3 Å². The first kappa shape index (κ1) is 21.7. The lowest BCUT2D eigenvalue weighted by atomic mass is 9.98. The van der Waals surface area contributed by atoms with Gasteiger partial charge in [0.1, 0.15) is 5.75 Å². The topological polar surface area (TPSA) is 82.9 Å². The Labute approximate surface area is 193 Å². The lowest BCUT2D eigenvalue weighted by Crippen LogP contribution is -2.39. The lowest BCUT2D eigenvalue weighted by Gasteiger charge is -2.35. The number of ether oxygens (including phenoxy) is 1. The van der Waals surface area contributed by atoms with Crippen LogP contribution in [-0.4, -0.2) is 50.5 Å². The Balaban J connectivity index is 1.49. The molecule has 4 heterocycles. The van der Waals surface area contributed by atoms with Gasteiger partial charge < -0.3 is 9.64 Å². The SMILES string of the molecule is COc1c(C)cccc1CN1CCCC[C@@H]1c1cc2nc3c(c(=O)n2[nH]1)CN(C(C)=O)CC3. The molecule has 0 radical (unpaired) electrons. The highest BCUT2D eigenvalue weighted by molar-refractivity contribution is 5.73. The summed E-state index contributed by atoms with van der Waals surface area (Å²) < 4.78 is 7.24. The van der Waals surface area contributed by atoms with Crippen LogP contribution in [0.15, 0.2) is 29.1 Å². The van der Waals surface area contributed by atoms with E-state index >= 15 is 0 Å². The highest BCUT2D eigenvalue weighted by Crippen LogP contribution is 2.34. The summed E-state index contributed by atoms with van der Waals surface area (Å²) in [5, 5.41) is 3.35. The maximum Gasteiger partial charge on any atom is 0.277 e. The number of carbonyl (C=O) groups excluding carboxylic acids is 1. The van der Waals surface area contributed by atoms with Gasteiger partial charge in [-0.2, -0.15) is 0 Å². The van der Waals surface area contributed by atoms with Gasteiger partial charge >= 0.3 is 0 Å². The Bertz CT molecular complexity index is 1260. The van der Waals surface area contributed by atoms with E-state index in [0.29, 0.717) is 30.7 Å². The first-order valence-electron chi connectivity index (χ1n) is 11.7. The summed E-state index contributed by atoms with van der Waals surface area (Å²) in [5.41, 5.74) is 5.31. The summed E-state index contributed by atoms with van der Waals surface area (Å²) in [5.74, 6) is 0.931. The fourth-order valence-corrected chi connectivity index (χ4v) is 5.32. The number of hydrogen-bond donors (Lipinski definition) is 1. The average Bonchev–Trinajstić information content (AvgIpc) is 3.24. The van der Waals surface area contributed by atoms with E-state index in [2.05, 4.69) is 35.1 Å². The molecule has 0 bridgehead atoms. The molecule has 1 fully saturated rings. The lowest BCUT2D eigenvalue weighted by molar-refractivity contribution is -0.129. The molecule has 2 aliphatic rings. The number of para-hydroxylation sites is 1. The second-order valence-electron chi connectivity index (χ2n) is 9.19. The second-order valence-corrected chi connectivity index (χ2v) is 9.19. The number of likely N-dealkylation sites (tertiary alicyclic amines) is 1. The molecule has 5 rings (SSSR count). The van der Waals surface area contributed by atoms with Crippen molar-refractivity contribution in [2.75, 3.05) is 20.2 Å². The molecule has 1 amide bonds. The minimum absolute atomic E-state index is 0.0123. The molecule has 8 nitrogen and oxygen atoms in total. The number of nitrogens with zero attached hydrogens (tertiary/aromatic N) is 4. The summed E-state index contributed by atoms with van der Waals surface area (Å²) in [7, 11) is 1.73. The van der Waals surface area contributed by atoms with Gasteiger partial charge in [0.25, 0.3) is 5.56 Å². The van der Waals surface area contributed by atoms with E-state index in [1.807, 2.05) is 6.07 Å². The molecule has 2 aromatic heterocycles. The van der Waals surface area contributed by atoms with E-state index in [0.717, 1.165) is 55.1 Å². The van der Waals surface area contributed by atoms with Crippen molar-refractivity contribution < 1.29 is 9.53 Å². The van der Waals surface area contributed by atoms with Gasteiger partial charge in [0.15, 0.2) is 5.65 Å². The van der Waals surface area contributed by atoms with Gasteiger partial charge in [0, 0.05) is 38.1 Å². The van der Waals surface area contributed by atoms with Gasteiger partial charge in [-0.15, -0.1) is 0 Å². The van der Waals surface area contributed by atoms with E-state index < -0.39 is 0 Å². The number of nitrogens with one attached hydrogen (secondary N) is 1. The van der Waals surface area contributed by atoms with Crippen molar-refractivity contribution in [3.05, 3.63) is 62.7 Å². The molecule has 3 aromatic rings. The zero-order valence-electron chi connectivity index (χ0n) is 19.6. The third kappa shape index (κ3) is 3.93. The summed E-state index contributed by atoms with van der Waals surface area (Å²) in [4.78, 5) is 34.0. The van der Waals surface area contributed by atoms with Crippen molar-refractivity contribution in [3.8, 4) is 5.75 Å². The normalized spacial score (nSPS) is 19.0. The maximum absolute atomic E-state index is 13.3. The van der Waals surface area contributed by atoms with E-state index in [-0.39, 0.29) is 17.5 Å². The standard InChI is InChI=1S/C25H31N5O3/c1-16-7-6-8-18(24(16)33-3)14-29-11-5-4-9-22(29)21-13-23-26-20-10-12-28(17(2)31)15-19(20)25(32)30(23)27-21/h6-8,13,22,27H,4-5,9-12,14-15H2,1-3H3/t22-/m1/s1. The molecule has 1 aromatic carbocycles. The molecule has 0 aliphatic carbocycles. The van der Waals surface area contributed by atoms with Crippen molar-refractivity contribution in [1.82, 2.24) is 24.4 Å². The minimum atomic E-state index is -0.102. The zero-order valence-corrected chi connectivity index (χ0v) is 19.6. The summed E-state index contributed by atoms with van der Waals surface area (Å²) >= 11 is 0. The van der Waals surface area contributed by atoms with Gasteiger partial charge in [0.05, 0.1) is 36.6 Å². The van der Waals surface area contributed by atoms with Crippen LogP contribution < -0.4 is 10.3 Å². The highest BCUT2D eigenvalue weighted by atomic mass is 16.5. The monoisotopic (exact) mass is 449 g/mol. The van der Waals surface area contributed by atoms with Crippen molar-refractivity contribution in [2.24, 2.45) is 0 Å². The number of aryl methyl sites for hydroxylation is 1.